The summed E-state index contributed by atoms with van der Waals surface area (Å²) in [5.74, 6) is -1.92. The van der Waals surface area contributed by atoms with E-state index in [-0.39, 0.29) is 30.7 Å². The number of aryl methyl sites for hydroxylation is 3. The lowest BCUT2D eigenvalue weighted by atomic mass is 9.98. The van der Waals surface area contributed by atoms with E-state index in [1.54, 1.807) is 45.9 Å². The Kier molecular flexibility index (Phi) is 11.1. The number of carbonyl (C=O) groups excluding carboxylic acids is 4. The molecule has 0 saturated heterocycles. The highest BCUT2D eigenvalue weighted by molar-refractivity contribution is 6.00. The van der Waals surface area contributed by atoms with Crippen LogP contribution in [0.25, 0.3) is 0 Å². The third-order valence-electron chi connectivity index (χ3n) is 6.27. The van der Waals surface area contributed by atoms with Crippen molar-refractivity contribution in [3.63, 3.8) is 0 Å². The zero-order valence-electron chi connectivity index (χ0n) is 24.5. The summed E-state index contributed by atoms with van der Waals surface area (Å²) in [7, 11) is 0. The maximum absolute atomic E-state index is 14.1. The zero-order chi connectivity index (χ0) is 30.2. The minimum Gasteiger partial charge on any atom is -0.507 e. The number of nitrogens with two attached hydrogens (primary N) is 1. The molecule has 40 heavy (non-hydrogen) atoms. The molecule has 218 valence electrons. The minimum absolute atomic E-state index is 0.0985. The van der Waals surface area contributed by atoms with E-state index in [0.29, 0.717) is 17.7 Å². The quantitative estimate of drug-likeness (QED) is 0.323. The van der Waals surface area contributed by atoms with Crippen LogP contribution in [0.4, 0.5) is 10.5 Å². The number of anilines is 1. The van der Waals surface area contributed by atoms with Crippen molar-refractivity contribution in [1.82, 2.24) is 10.2 Å². The van der Waals surface area contributed by atoms with Crippen molar-refractivity contribution in [3.05, 3.63) is 58.7 Å². The van der Waals surface area contributed by atoms with Crippen LogP contribution in [0.1, 0.15) is 75.3 Å². The Balaban J connectivity index is 2.61. The van der Waals surface area contributed by atoms with Crippen molar-refractivity contribution in [2.24, 2.45) is 5.73 Å². The van der Waals surface area contributed by atoms with Crippen molar-refractivity contribution in [3.8, 4) is 5.75 Å². The summed E-state index contributed by atoms with van der Waals surface area (Å²) in [6.45, 7) is 12.4. The Hall–Kier alpha value is -4.08. The topological polar surface area (TPSA) is 151 Å². The predicted octanol–water partition coefficient (Wildman–Crippen LogP) is 4.39. The Bertz CT molecular complexity index is 1220. The zero-order valence-corrected chi connectivity index (χ0v) is 24.5. The molecule has 0 saturated carbocycles. The number of nitrogens with one attached hydrogen (secondary N) is 2. The second-order valence-electron chi connectivity index (χ2n) is 10.9. The van der Waals surface area contributed by atoms with Crippen molar-refractivity contribution in [2.75, 3.05) is 11.9 Å². The van der Waals surface area contributed by atoms with Gasteiger partial charge in [-0.05, 0) is 71.1 Å². The lowest BCUT2D eigenvalue weighted by molar-refractivity contribution is -0.141. The predicted molar refractivity (Wildman–Crippen MR) is 154 cm³/mol. The SMILES string of the molecule is CCCN(C(=O)C(CCC(N)=O)NC(=O)OC(C)(C)C)C(C(=O)Nc1c(C)cccc1C)c1cccc(C)c1O. The normalized spacial score (nSPS) is 12.7. The van der Waals surface area contributed by atoms with Gasteiger partial charge in [-0.15, -0.1) is 0 Å². The molecule has 0 spiro atoms. The van der Waals surface area contributed by atoms with Crippen LogP contribution in [0.2, 0.25) is 0 Å². The van der Waals surface area contributed by atoms with Crippen molar-refractivity contribution in [2.45, 2.75) is 85.4 Å². The van der Waals surface area contributed by atoms with Gasteiger partial charge in [0, 0.05) is 24.2 Å². The summed E-state index contributed by atoms with van der Waals surface area (Å²) in [6.07, 6.45) is -0.651. The van der Waals surface area contributed by atoms with Gasteiger partial charge < -0.3 is 31.1 Å². The smallest absolute Gasteiger partial charge is 0.408 e. The van der Waals surface area contributed by atoms with E-state index in [1.807, 2.05) is 39.0 Å². The minimum atomic E-state index is -1.25. The van der Waals surface area contributed by atoms with Gasteiger partial charge in [0.2, 0.25) is 11.8 Å². The second-order valence-corrected chi connectivity index (χ2v) is 10.9. The highest BCUT2D eigenvalue weighted by atomic mass is 16.6. The summed E-state index contributed by atoms with van der Waals surface area (Å²) in [5, 5.41) is 16.5. The number of ether oxygens (including phenoxy) is 1. The molecule has 0 heterocycles. The number of alkyl carbamates (subject to hydrolysis) is 1. The number of hydrogen-bond acceptors (Lipinski definition) is 6. The van der Waals surface area contributed by atoms with Gasteiger partial charge in [-0.1, -0.05) is 43.3 Å². The highest BCUT2D eigenvalue weighted by Crippen LogP contribution is 2.34. The largest absolute Gasteiger partial charge is 0.507 e. The van der Waals surface area contributed by atoms with Crippen LogP contribution in [-0.2, 0) is 19.1 Å². The molecule has 0 fully saturated rings. The molecule has 2 rings (SSSR count). The number of rotatable bonds is 11. The average Bonchev–Trinajstić information content (AvgIpc) is 2.84. The van der Waals surface area contributed by atoms with Gasteiger partial charge in [0.05, 0.1) is 0 Å². The molecule has 2 aromatic carbocycles. The number of aromatic hydroxyl groups is 1. The van der Waals surface area contributed by atoms with Gasteiger partial charge in [0.25, 0.3) is 5.91 Å². The van der Waals surface area contributed by atoms with Crippen molar-refractivity contribution < 1.29 is 29.0 Å². The van der Waals surface area contributed by atoms with Gasteiger partial charge in [-0.3, -0.25) is 14.4 Å². The lowest BCUT2D eigenvalue weighted by Gasteiger charge is -2.35. The van der Waals surface area contributed by atoms with Gasteiger partial charge in [-0.2, -0.15) is 0 Å². The average molecular weight is 555 g/mol. The van der Waals surface area contributed by atoms with Crippen molar-refractivity contribution >= 4 is 29.5 Å². The van der Waals surface area contributed by atoms with E-state index in [0.717, 1.165) is 11.1 Å². The van der Waals surface area contributed by atoms with E-state index in [1.165, 1.54) is 4.90 Å². The fourth-order valence-corrected chi connectivity index (χ4v) is 4.36. The first kappa shape index (κ1) is 32.1. The summed E-state index contributed by atoms with van der Waals surface area (Å²) in [4.78, 5) is 53.7. The number of benzene rings is 2. The van der Waals surface area contributed by atoms with Crippen LogP contribution >= 0.6 is 0 Å². The van der Waals surface area contributed by atoms with E-state index < -0.39 is 41.5 Å². The Labute approximate surface area is 236 Å². The molecular weight excluding hydrogens is 512 g/mol. The fourth-order valence-electron chi connectivity index (χ4n) is 4.36. The van der Waals surface area contributed by atoms with E-state index >= 15 is 0 Å². The number of carbonyl (C=O) groups is 4. The summed E-state index contributed by atoms with van der Waals surface area (Å²) >= 11 is 0. The number of para-hydroxylation sites is 2. The van der Waals surface area contributed by atoms with Gasteiger partial charge in [-0.25, -0.2) is 4.79 Å². The Morgan fingerprint density at radius 1 is 1.00 bits per heavy atom. The van der Waals surface area contributed by atoms with Crippen LogP contribution < -0.4 is 16.4 Å². The van der Waals surface area contributed by atoms with E-state index in [4.69, 9.17) is 10.5 Å². The van der Waals surface area contributed by atoms with Gasteiger partial charge in [0.1, 0.15) is 23.4 Å². The number of phenols is 1. The summed E-state index contributed by atoms with van der Waals surface area (Å²) in [5.41, 5.74) is 7.56. The van der Waals surface area contributed by atoms with Crippen molar-refractivity contribution in [1.29, 1.82) is 0 Å². The molecule has 0 aliphatic carbocycles. The molecule has 2 aromatic rings. The third kappa shape index (κ3) is 8.72. The Morgan fingerprint density at radius 2 is 1.57 bits per heavy atom. The van der Waals surface area contributed by atoms with E-state index in [9.17, 15) is 24.3 Å². The fraction of sp³-hybridized carbons (Fsp3) is 0.467. The Morgan fingerprint density at radius 3 is 2.12 bits per heavy atom. The summed E-state index contributed by atoms with van der Waals surface area (Å²) < 4.78 is 5.34. The standard InChI is InChI=1S/C30H42N4O6/c1-8-17-34(28(38)22(15-16-23(31)35)32-29(39)40-30(5,6)7)25(21-14-10-13-20(4)26(21)36)27(37)33-24-18(2)11-9-12-19(24)3/h9-14,22,25,36H,8,15-17H2,1-7H3,(H2,31,35)(H,32,39)(H,33,37). The highest BCUT2D eigenvalue weighted by Gasteiger charge is 2.37. The molecule has 2 atom stereocenters. The first-order valence-electron chi connectivity index (χ1n) is 13.4. The molecule has 0 bridgehead atoms. The molecule has 0 aliphatic heterocycles. The molecular formula is C30H42N4O6. The van der Waals surface area contributed by atoms with Crippen LogP contribution in [-0.4, -0.2) is 52.0 Å². The van der Waals surface area contributed by atoms with Crippen LogP contribution in [0, 0.1) is 20.8 Å². The summed E-state index contributed by atoms with van der Waals surface area (Å²) in [6, 6.07) is 8.13. The number of primary amides is 1. The van der Waals surface area contributed by atoms with E-state index in [2.05, 4.69) is 10.6 Å². The number of amides is 4. The van der Waals surface area contributed by atoms with Crippen LogP contribution in [0.3, 0.4) is 0 Å². The monoisotopic (exact) mass is 554 g/mol. The van der Waals surface area contributed by atoms with Crippen LogP contribution in [0.15, 0.2) is 36.4 Å². The number of nitrogens with zero attached hydrogens (tertiary/aromatic N) is 1. The molecule has 10 heteroatoms. The molecule has 0 aliphatic rings. The first-order valence-corrected chi connectivity index (χ1v) is 13.4. The molecule has 0 aromatic heterocycles. The maximum Gasteiger partial charge on any atom is 0.408 e. The molecule has 5 N–H and O–H groups in total. The molecule has 4 amide bonds. The first-order chi connectivity index (χ1) is 18.7. The number of phenolic OH excluding ortho intramolecular Hbond substituents is 1. The molecule has 0 radical (unpaired) electrons. The number of hydrogen-bond donors (Lipinski definition) is 4. The van der Waals surface area contributed by atoms with Gasteiger partial charge in [0.15, 0.2) is 0 Å². The maximum atomic E-state index is 14.1. The molecule has 2 unspecified atom stereocenters. The molecule has 10 nitrogen and oxygen atoms in total. The van der Waals surface area contributed by atoms with Crippen LogP contribution in [0.5, 0.6) is 5.75 Å². The van der Waals surface area contributed by atoms with Gasteiger partial charge >= 0.3 is 6.09 Å². The third-order valence-corrected chi connectivity index (χ3v) is 6.27. The lowest BCUT2D eigenvalue weighted by Crippen LogP contribution is -2.52. The second kappa shape index (κ2) is 13.8.